The van der Waals surface area contributed by atoms with Gasteiger partial charge in [-0.25, -0.2) is 9.97 Å². The fourth-order valence-electron chi connectivity index (χ4n) is 3.13. The Bertz CT molecular complexity index is 978. The average Bonchev–Trinajstić information content (AvgIpc) is 3.38. The zero-order valence-electron chi connectivity index (χ0n) is 15.0. The predicted molar refractivity (Wildman–Crippen MR) is 104 cm³/mol. The van der Waals surface area contributed by atoms with Crippen LogP contribution < -0.4 is 10.2 Å². The van der Waals surface area contributed by atoms with Crippen LogP contribution >= 0.6 is 11.3 Å². The Balaban J connectivity index is 1.43. The number of benzene rings is 1. The number of anilines is 2. The first-order valence-electron chi connectivity index (χ1n) is 8.64. The molecule has 27 heavy (non-hydrogen) atoms. The highest BCUT2D eigenvalue weighted by atomic mass is 32.1. The largest absolute Gasteiger partial charge is 0.326 e. The van der Waals surface area contributed by atoms with Gasteiger partial charge in [-0.3, -0.25) is 14.5 Å². The Labute approximate surface area is 160 Å². The minimum absolute atomic E-state index is 0.0635. The number of rotatable bonds is 4. The lowest BCUT2D eigenvalue weighted by Gasteiger charge is -2.13. The van der Waals surface area contributed by atoms with E-state index in [1.165, 1.54) is 11.3 Å². The molecule has 2 aromatic heterocycles. The smallest absolute Gasteiger partial charge is 0.229 e. The summed E-state index contributed by atoms with van der Waals surface area (Å²) < 4.78 is 2.00. The Morgan fingerprint density at radius 1 is 1.22 bits per heavy atom. The van der Waals surface area contributed by atoms with E-state index in [0.29, 0.717) is 17.4 Å². The molecular weight excluding hydrogens is 362 g/mol. The van der Waals surface area contributed by atoms with Crippen molar-refractivity contribution in [3.05, 3.63) is 53.6 Å². The number of carbonyl (C=O) groups is 2. The number of hydrogen-bond acceptors (Lipinski definition) is 5. The maximum atomic E-state index is 12.6. The lowest BCUT2D eigenvalue weighted by molar-refractivity contribution is -0.122. The van der Waals surface area contributed by atoms with Crippen molar-refractivity contribution in [3.8, 4) is 5.69 Å². The van der Waals surface area contributed by atoms with Crippen LogP contribution in [-0.2, 0) is 9.59 Å². The fourth-order valence-corrected chi connectivity index (χ4v) is 3.79. The highest BCUT2D eigenvalue weighted by Crippen LogP contribution is 2.27. The van der Waals surface area contributed by atoms with Gasteiger partial charge in [0.25, 0.3) is 0 Å². The maximum Gasteiger partial charge on any atom is 0.229 e. The maximum absolute atomic E-state index is 12.6. The predicted octanol–water partition coefficient (Wildman–Crippen LogP) is 2.94. The van der Waals surface area contributed by atoms with E-state index in [2.05, 4.69) is 15.3 Å². The minimum atomic E-state index is -0.375. The van der Waals surface area contributed by atoms with Gasteiger partial charge in [0, 0.05) is 41.6 Å². The molecule has 3 aromatic rings. The van der Waals surface area contributed by atoms with Crippen molar-refractivity contribution in [2.24, 2.45) is 5.92 Å². The molecule has 1 atom stereocenters. The minimum Gasteiger partial charge on any atom is -0.326 e. The van der Waals surface area contributed by atoms with Gasteiger partial charge in [-0.05, 0) is 38.1 Å². The molecule has 0 bridgehead atoms. The van der Waals surface area contributed by atoms with Crippen LogP contribution in [0, 0.1) is 19.8 Å². The van der Waals surface area contributed by atoms with Crippen LogP contribution in [0.15, 0.2) is 42.2 Å². The Hall–Kier alpha value is -3.00. The second kappa shape index (κ2) is 6.96. The molecule has 138 valence electrons. The molecule has 1 fully saturated rings. The number of hydrogen-bond donors (Lipinski definition) is 1. The Kier molecular flexibility index (Phi) is 4.49. The number of nitrogens with one attached hydrogen (secondary N) is 1. The first kappa shape index (κ1) is 17.4. The van der Waals surface area contributed by atoms with Gasteiger partial charge in [0.15, 0.2) is 5.13 Å². The number of aryl methyl sites for hydroxylation is 1. The van der Waals surface area contributed by atoms with E-state index in [9.17, 15) is 9.59 Å². The standard InChI is InChI=1S/C19H19N5O2S/c1-12-13(2)24(11-21-12)16-5-3-15(4-6-16)22-18(26)14-9-17(25)23(10-14)19-20-7-8-27-19/h3-8,11,14H,9-10H2,1-2H3,(H,22,26). The molecule has 0 radical (unpaired) electrons. The quantitative estimate of drug-likeness (QED) is 0.753. The monoisotopic (exact) mass is 381 g/mol. The summed E-state index contributed by atoms with van der Waals surface area (Å²) in [4.78, 5) is 34.8. The van der Waals surface area contributed by atoms with E-state index in [4.69, 9.17) is 0 Å². The highest BCUT2D eigenvalue weighted by molar-refractivity contribution is 7.13. The topological polar surface area (TPSA) is 80.1 Å². The van der Waals surface area contributed by atoms with Crippen molar-refractivity contribution in [1.82, 2.24) is 14.5 Å². The van der Waals surface area contributed by atoms with Crippen LogP contribution in [0.3, 0.4) is 0 Å². The molecule has 0 saturated carbocycles. The zero-order chi connectivity index (χ0) is 19.0. The number of nitrogens with zero attached hydrogens (tertiary/aromatic N) is 4. The molecular formula is C19H19N5O2S. The molecule has 1 aromatic carbocycles. The van der Waals surface area contributed by atoms with E-state index in [-0.39, 0.29) is 24.2 Å². The number of thiazole rings is 1. The average molecular weight is 381 g/mol. The van der Waals surface area contributed by atoms with Crippen LogP contribution in [0.2, 0.25) is 0 Å². The van der Waals surface area contributed by atoms with Gasteiger partial charge in [-0.1, -0.05) is 0 Å². The summed E-state index contributed by atoms with van der Waals surface area (Å²) in [5, 5.41) is 5.37. The SMILES string of the molecule is Cc1ncn(-c2ccc(NC(=O)C3CC(=O)N(c4nccs4)C3)cc2)c1C. The van der Waals surface area contributed by atoms with Gasteiger partial charge in [-0.2, -0.15) is 0 Å². The van der Waals surface area contributed by atoms with Crippen LogP contribution in [0.1, 0.15) is 17.8 Å². The summed E-state index contributed by atoms with van der Waals surface area (Å²) in [5.74, 6) is -0.587. The van der Waals surface area contributed by atoms with Crippen molar-refractivity contribution in [3.63, 3.8) is 0 Å². The third-order valence-electron chi connectivity index (χ3n) is 4.81. The third kappa shape index (κ3) is 3.35. The summed E-state index contributed by atoms with van der Waals surface area (Å²) in [5.41, 5.74) is 3.76. The lowest BCUT2D eigenvalue weighted by atomic mass is 10.1. The molecule has 0 aliphatic carbocycles. The van der Waals surface area contributed by atoms with E-state index in [1.54, 1.807) is 17.4 Å². The van der Waals surface area contributed by atoms with Crippen LogP contribution in [0.5, 0.6) is 0 Å². The van der Waals surface area contributed by atoms with Crippen molar-refractivity contribution >= 4 is 34.0 Å². The second-order valence-corrected chi connectivity index (χ2v) is 7.41. The van der Waals surface area contributed by atoms with Crippen molar-refractivity contribution in [2.75, 3.05) is 16.8 Å². The molecule has 2 amide bonds. The molecule has 1 aliphatic rings. The number of amides is 2. The number of imidazole rings is 1. The Morgan fingerprint density at radius 2 is 2.00 bits per heavy atom. The summed E-state index contributed by atoms with van der Waals surface area (Å²) in [6, 6.07) is 7.59. The molecule has 0 spiro atoms. The van der Waals surface area contributed by atoms with E-state index in [0.717, 1.165) is 17.1 Å². The molecule has 4 rings (SSSR count). The van der Waals surface area contributed by atoms with E-state index in [1.807, 2.05) is 48.1 Å². The van der Waals surface area contributed by atoms with Crippen LogP contribution in [-0.4, -0.2) is 32.9 Å². The number of aromatic nitrogens is 3. The second-order valence-electron chi connectivity index (χ2n) is 6.54. The molecule has 8 heteroatoms. The van der Waals surface area contributed by atoms with Gasteiger partial charge in [0.05, 0.1) is 17.9 Å². The summed E-state index contributed by atoms with van der Waals surface area (Å²) in [6.07, 6.45) is 3.65. The summed E-state index contributed by atoms with van der Waals surface area (Å²) in [7, 11) is 0. The van der Waals surface area contributed by atoms with Gasteiger partial charge < -0.3 is 9.88 Å². The Morgan fingerprint density at radius 3 is 2.63 bits per heavy atom. The first-order chi connectivity index (χ1) is 13.0. The van der Waals surface area contributed by atoms with Gasteiger partial charge in [-0.15, -0.1) is 11.3 Å². The van der Waals surface area contributed by atoms with Gasteiger partial charge >= 0.3 is 0 Å². The normalized spacial score (nSPS) is 16.7. The molecule has 1 aliphatic heterocycles. The van der Waals surface area contributed by atoms with Crippen molar-refractivity contribution in [2.45, 2.75) is 20.3 Å². The van der Waals surface area contributed by atoms with Gasteiger partial charge in [0.2, 0.25) is 11.8 Å². The van der Waals surface area contributed by atoms with Crippen LogP contribution in [0.4, 0.5) is 10.8 Å². The van der Waals surface area contributed by atoms with Gasteiger partial charge in [0.1, 0.15) is 0 Å². The lowest BCUT2D eigenvalue weighted by Crippen LogP contribution is -2.28. The zero-order valence-corrected chi connectivity index (χ0v) is 15.9. The highest BCUT2D eigenvalue weighted by Gasteiger charge is 2.36. The number of carbonyl (C=O) groups excluding carboxylic acids is 2. The third-order valence-corrected chi connectivity index (χ3v) is 5.61. The molecule has 3 heterocycles. The molecule has 7 nitrogen and oxygen atoms in total. The first-order valence-corrected chi connectivity index (χ1v) is 9.52. The molecule has 1 saturated heterocycles. The molecule has 1 unspecified atom stereocenters. The van der Waals surface area contributed by atoms with E-state index >= 15 is 0 Å². The molecule has 1 N–H and O–H groups in total. The van der Waals surface area contributed by atoms with Crippen molar-refractivity contribution < 1.29 is 9.59 Å². The fraction of sp³-hybridized carbons (Fsp3) is 0.263. The van der Waals surface area contributed by atoms with E-state index < -0.39 is 0 Å². The van der Waals surface area contributed by atoms with Crippen LogP contribution in [0.25, 0.3) is 5.69 Å². The summed E-state index contributed by atoms with van der Waals surface area (Å²) >= 11 is 1.40. The summed E-state index contributed by atoms with van der Waals surface area (Å²) in [6.45, 7) is 4.35. The van der Waals surface area contributed by atoms with Crippen molar-refractivity contribution in [1.29, 1.82) is 0 Å².